The Labute approximate surface area is 160 Å². The van der Waals surface area contributed by atoms with Crippen LogP contribution in [0.4, 0.5) is 5.95 Å². The van der Waals surface area contributed by atoms with Gasteiger partial charge < -0.3 is 4.74 Å². The number of fused-ring (bicyclic) bond motifs is 2. The van der Waals surface area contributed by atoms with E-state index in [1.807, 2.05) is 12.1 Å². The average molecular weight is 415 g/mol. The SMILES string of the molecule is Brc1cnc(NC2=NC[C@@]3(CN4CCC3CC4)O2)nc1-c1cccnc1. The van der Waals surface area contributed by atoms with Crippen molar-refractivity contribution in [2.24, 2.45) is 10.9 Å². The summed E-state index contributed by atoms with van der Waals surface area (Å²) in [6.07, 6.45) is 7.65. The monoisotopic (exact) mass is 414 g/mol. The zero-order valence-electron chi connectivity index (χ0n) is 14.2. The van der Waals surface area contributed by atoms with Crippen LogP contribution < -0.4 is 5.32 Å². The molecule has 0 radical (unpaired) electrons. The maximum Gasteiger partial charge on any atom is 0.292 e. The number of halogens is 1. The highest BCUT2D eigenvalue weighted by Gasteiger charge is 2.51. The number of nitrogens with one attached hydrogen (secondary N) is 1. The van der Waals surface area contributed by atoms with Crippen molar-refractivity contribution in [3.8, 4) is 11.3 Å². The number of piperidine rings is 3. The van der Waals surface area contributed by atoms with Crippen molar-refractivity contribution in [1.82, 2.24) is 19.9 Å². The summed E-state index contributed by atoms with van der Waals surface area (Å²) in [6.45, 7) is 4.04. The van der Waals surface area contributed by atoms with Gasteiger partial charge in [0.25, 0.3) is 6.02 Å². The summed E-state index contributed by atoms with van der Waals surface area (Å²) in [6, 6.07) is 4.38. The third kappa shape index (κ3) is 2.77. The Kier molecular flexibility index (Phi) is 3.90. The molecule has 7 nitrogen and oxygen atoms in total. The van der Waals surface area contributed by atoms with Gasteiger partial charge in [-0.25, -0.2) is 15.0 Å². The molecule has 4 aliphatic heterocycles. The molecule has 6 rings (SSSR count). The van der Waals surface area contributed by atoms with Crippen molar-refractivity contribution < 1.29 is 4.74 Å². The summed E-state index contributed by atoms with van der Waals surface area (Å²) in [5.74, 6) is 1.07. The first-order chi connectivity index (χ1) is 12.7. The number of pyridine rings is 1. The molecule has 6 heterocycles. The van der Waals surface area contributed by atoms with Gasteiger partial charge in [-0.2, -0.15) is 0 Å². The molecule has 1 spiro atoms. The summed E-state index contributed by atoms with van der Waals surface area (Å²) in [5.41, 5.74) is 1.54. The van der Waals surface area contributed by atoms with Gasteiger partial charge in [0.1, 0.15) is 5.60 Å². The van der Waals surface area contributed by atoms with E-state index in [1.54, 1.807) is 18.6 Å². The van der Waals surface area contributed by atoms with Gasteiger partial charge in [0.05, 0.1) is 16.7 Å². The normalized spacial score (nSPS) is 29.5. The lowest BCUT2D eigenvalue weighted by Crippen LogP contribution is -2.61. The van der Waals surface area contributed by atoms with Crippen LogP contribution in [0.25, 0.3) is 11.3 Å². The molecule has 0 saturated carbocycles. The molecular weight excluding hydrogens is 396 g/mol. The number of hydrogen-bond donors (Lipinski definition) is 1. The van der Waals surface area contributed by atoms with E-state index in [0.29, 0.717) is 24.4 Å². The predicted octanol–water partition coefficient (Wildman–Crippen LogP) is 2.56. The minimum Gasteiger partial charge on any atom is -0.455 e. The highest BCUT2D eigenvalue weighted by molar-refractivity contribution is 9.10. The van der Waals surface area contributed by atoms with E-state index in [4.69, 9.17) is 4.74 Å². The van der Waals surface area contributed by atoms with E-state index in [2.05, 4.69) is 46.1 Å². The van der Waals surface area contributed by atoms with Gasteiger partial charge in [-0.1, -0.05) is 0 Å². The van der Waals surface area contributed by atoms with Crippen molar-refractivity contribution >= 4 is 27.9 Å². The van der Waals surface area contributed by atoms with Gasteiger partial charge >= 0.3 is 0 Å². The Balaban J connectivity index is 1.35. The molecule has 8 heteroatoms. The summed E-state index contributed by atoms with van der Waals surface area (Å²) in [7, 11) is 0. The molecule has 0 amide bonds. The number of amidine groups is 1. The number of hydrogen-bond acceptors (Lipinski definition) is 7. The molecule has 1 N–H and O–H groups in total. The quantitative estimate of drug-likeness (QED) is 0.813. The highest BCUT2D eigenvalue weighted by atomic mass is 79.9. The molecule has 2 aromatic rings. The Hall–Kier alpha value is -2.06. The van der Waals surface area contributed by atoms with E-state index in [9.17, 15) is 0 Å². The van der Waals surface area contributed by atoms with Gasteiger partial charge in [-0.15, -0.1) is 0 Å². The van der Waals surface area contributed by atoms with Crippen LogP contribution in [-0.2, 0) is 4.74 Å². The molecule has 0 aromatic carbocycles. The fraction of sp³-hybridized carbons (Fsp3) is 0.444. The molecule has 0 unspecified atom stereocenters. The first-order valence-corrected chi connectivity index (χ1v) is 9.67. The van der Waals surface area contributed by atoms with Crippen LogP contribution in [0.5, 0.6) is 0 Å². The summed E-state index contributed by atoms with van der Waals surface area (Å²) >= 11 is 3.51. The molecule has 3 saturated heterocycles. The second-order valence-electron chi connectivity index (χ2n) is 7.10. The highest BCUT2D eigenvalue weighted by Crippen LogP contribution is 2.40. The summed E-state index contributed by atoms with van der Waals surface area (Å²) in [4.78, 5) is 20.2. The van der Waals surface area contributed by atoms with E-state index in [0.717, 1.165) is 22.3 Å². The molecule has 1 atom stereocenters. The maximum absolute atomic E-state index is 6.30. The summed E-state index contributed by atoms with van der Waals surface area (Å²) in [5, 5.41) is 3.16. The first kappa shape index (κ1) is 16.1. The molecule has 134 valence electrons. The van der Waals surface area contributed by atoms with Gasteiger partial charge in [0.15, 0.2) is 0 Å². The molecule has 2 aromatic heterocycles. The Morgan fingerprint density at radius 2 is 2.15 bits per heavy atom. The fourth-order valence-corrected chi connectivity index (χ4v) is 4.60. The minimum absolute atomic E-state index is 0.166. The Morgan fingerprint density at radius 1 is 1.27 bits per heavy atom. The van der Waals surface area contributed by atoms with Crippen molar-refractivity contribution in [3.05, 3.63) is 35.2 Å². The maximum atomic E-state index is 6.30. The topological polar surface area (TPSA) is 75.5 Å². The van der Waals surface area contributed by atoms with Crippen molar-refractivity contribution in [1.29, 1.82) is 0 Å². The molecular formula is C18H19BrN6O. The number of nitrogens with zero attached hydrogens (tertiary/aromatic N) is 5. The lowest BCUT2D eigenvalue weighted by atomic mass is 9.75. The molecule has 3 fully saturated rings. The largest absolute Gasteiger partial charge is 0.455 e. The van der Waals surface area contributed by atoms with Crippen LogP contribution in [0.1, 0.15) is 12.8 Å². The third-order valence-corrected chi connectivity index (χ3v) is 6.09. The van der Waals surface area contributed by atoms with Crippen LogP contribution in [0, 0.1) is 5.92 Å². The lowest BCUT2D eigenvalue weighted by molar-refractivity contribution is -0.0829. The van der Waals surface area contributed by atoms with Gasteiger partial charge in [-0.3, -0.25) is 15.2 Å². The zero-order valence-corrected chi connectivity index (χ0v) is 15.8. The number of ether oxygens (including phenoxy) is 1. The number of aromatic nitrogens is 3. The van der Waals surface area contributed by atoms with E-state index in [1.165, 1.54) is 25.9 Å². The molecule has 0 aliphatic carbocycles. The van der Waals surface area contributed by atoms with Crippen LogP contribution >= 0.6 is 15.9 Å². The van der Waals surface area contributed by atoms with Gasteiger partial charge in [0.2, 0.25) is 5.95 Å². The van der Waals surface area contributed by atoms with Crippen LogP contribution in [0.3, 0.4) is 0 Å². The minimum atomic E-state index is -0.166. The predicted molar refractivity (Wildman–Crippen MR) is 102 cm³/mol. The Morgan fingerprint density at radius 3 is 2.88 bits per heavy atom. The molecule has 2 bridgehead atoms. The number of anilines is 1. The van der Waals surface area contributed by atoms with Crippen molar-refractivity contribution in [2.75, 3.05) is 31.5 Å². The lowest BCUT2D eigenvalue weighted by Gasteiger charge is -2.50. The second-order valence-corrected chi connectivity index (χ2v) is 7.95. The standard InChI is InChI=1S/C18H19BrN6O/c19-14-9-21-16(23-15(14)12-2-1-5-20-8-12)24-17-22-10-18(26-17)11-25-6-3-13(18)4-7-25/h1-2,5,8-9,13H,3-4,6-7,10-11H2,(H,21,22,23,24)/t18-/m0/s1. The van der Waals surface area contributed by atoms with Crippen molar-refractivity contribution in [3.63, 3.8) is 0 Å². The smallest absolute Gasteiger partial charge is 0.292 e. The van der Waals surface area contributed by atoms with Gasteiger partial charge in [0, 0.05) is 36.6 Å². The average Bonchev–Trinajstić information content (AvgIpc) is 3.07. The fourth-order valence-electron chi connectivity index (χ4n) is 4.18. The van der Waals surface area contributed by atoms with E-state index in [-0.39, 0.29) is 5.60 Å². The second kappa shape index (κ2) is 6.28. The molecule has 26 heavy (non-hydrogen) atoms. The first-order valence-electron chi connectivity index (χ1n) is 8.88. The van der Waals surface area contributed by atoms with Crippen LogP contribution in [-0.4, -0.2) is 57.7 Å². The van der Waals surface area contributed by atoms with E-state index < -0.39 is 0 Å². The third-order valence-electron chi connectivity index (χ3n) is 5.51. The Bertz CT molecular complexity index is 852. The zero-order chi connectivity index (χ0) is 17.6. The van der Waals surface area contributed by atoms with Crippen LogP contribution in [0.2, 0.25) is 0 Å². The number of rotatable bonds is 2. The van der Waals surface area contributed by atoms with Crippen molar-refractivity contribution in [2.45, 2.75) is 18.4 Å². The number of aliphatic imine (C=N–C) groups is 1. The van der Waals surface area contributed by atoms with Gasteiger partial charge in [-0.05, 0) is 54.0 Å². The molecule has 4 aliphatic rings. The van der Waals surface area contributed by atoms with Crippen LogP contribution in [0.15, 0.2) is 40.2 Å². The van der Waals surface area contributed by atoms with E-state index >= 15 is 0 Å². The summed E-state index contributed by atoms with van der Waals surface area (Å²) < 4.78 is 7.12.